The first-order valence-corrected chi connectivity index (χ1v) is 8.89. The van der Waals surface area contributed by atoms with E-state index in [1.807, 2.05) is 47.8 Å². The van der Waals surface area contributed by atoms with Gasteiger partial charge in [0.25, 0.3) is 11.8 Å². The van der Waals surface area contributed by atoms with Gasteiger partial charge in [0.2, 0.25) is 0 Å². The van der Waals surface area contributed by atoms with E-state index >= 15 is 0 Å². The number of pyridine rings is 1. The third-order valence-electron chi connectivity index (χ3n) is 4.61. The second-order valence-corrected chi connectivity index (χ2v) is 6.95. The number of nitrogens with zero attached hydrogens (tertiary/aromatic N) is 4. The van der Waals surface area contributed by atoms with E-state index in [2.05, 4.69) is 10.3 Å². The van der Waals surface area contributed by atoms with E-state index in [1.165, 1.54) is 4.90 Å². The molecule has 0 fully saturated rings. The number of aromatic nitrogens is 2. The van der Waals surface area contributed by atoms with Crippen molar-refractivity contribution in [1.29, 1.82) is 0 Å². The lowest BCUT2D eigenvalue weighted by atomic mass is 10.2. The molecule has 28 heavy (non-hydrogen) atoms. The second-order valence-electron chi connectivity index (χ2n) is 6.95. The Morgan fingerprint density at radius 2 is 2.11 bits per heavy atom. The van der Waals surface area contributed by atoms with Gasteiger partial charge in [-0.2, -0.15) is 0 Å². The maximum Gasteiger partial charge on any atom is 0.276 e. The van der Waals surface area contributed by atoms with E-state index in [9.17, 15) is 9.59 Å². The SMILES string of the molecule is CN(C)Cc1c(C(=O)Nc2ccc3c(c2)N(C)C(=O)CO3)nc2ccccn12. The van der Waals surface area contributed by atoms with E-state index < -0.39 is 0 Å². The molecule has 0 saturated heterocycles. The summed E-state index contributed by atoms with van der Waals surface area (Å²) >= 11 is 0. The topological polar surface area (TPSA) is 79.2 Å². The number of benzene rings is 1. The van der Waals surface area contributed by atoms with E-state index in [0.717, 1.165) is 5.69 Å². The fourth-order valence-electron chi connectivity index (χ4n) is 3.22. The molecule has 0 spiro atoms. The summed E-state index contributed by atoms with van der Waals surface area (Å²) in [6.45, 7) is 0.591. The highest BCUT2D eigenvalue weighted by Gasteiger charge is 2.24. The summed E-state index contributed by atoms with van der Waals surface area (Å²) in [6.07, 6.45) is 1.90. The van der Waals surface area contributed by atoms with E-state index in [4.69, 9.17) is 4.74 Å². The molecular weight excluding hydrogens is 358 g/mol. The molecule has 0 saturated carbocycles. The molecule has 0 radical (unpaired) electrons. The Balaban J connectivity index is 1.67. The Hall–Kier alpha value is -3.39. The number of ether oxygens (including phenoxy) is 1. The highest BCUT2D eigenvalue weighted by atomic mass is 16.5. The Morgan fingerprint density at radius 1 is 1.29 bits per heavy atom. The van der Waals surface area contributed by atoms with Crippen LogP contribution in [0.3, 0.4) is 0 Å². The number of amides is 2. The second kappa shape index (κ2) is 6.97. The normalized spacial score (nSPS) is 13.6. The first-order chi connectivity index (χ1) is 13.4. The molecule has 1 N–H and O–H groups in total. The van der Waals surface area contributed by atoms with Gasteiger partial charge < -0.3 is 24.3 Å². The third kappa shape index (κ3) is 3.18. The maximum absolute atomic E-state index is 13.0. The van der Waals surface area contributed by atoms with Crippen LogP contribution < -0.4 is 15.0 Å². The zero-order valence-corrected chi connectivity index (χ0v) is 16.0. The predicted octanol–water partition coefficient (Wildman–Crippen LogP) is 2.00. The van der Waals surface area contributed by atoms with Crippen LogP contribution in [0.4, 0.5) is 11.4 Å². The molecule has 2 aromatic heterocycles. The lowest BCUT2D eigenvalue weighted by molar-refractivity contribution is -0.120. The molecule has 144 valence electrons. The fraction of sp³-hybridized carbons (Fsp3) is 0.250. The molecule has 3 heterocycles. The summed E-state index contributed by atoms with van der Waals surface area (Å²) in [5.41, 5.74) is 3.10. The van der Waals surface area contributed by atoms with Crippen molar-refractivity contribution in [3.8, 4) is 5.75 Å². The Bertz CT molecular complexity index is 1070. The van der Waals surface area contributed by atoms with Crippen LogP contribution in [0.15, 0.2) is 42.6 Å². The van der Waals surface area contributed by atoms with E-state index in [0.29, 0.717) is 35.0 Å². The Labute approximate surface area is 162 Å². The zero-order valence-electron chi connectivity index (χ0n) is 16.0. The third-order valence-corrected chi connectivity index (χ3v) is 4.61. The summed E-state index contributed by atoms with van der Waals surface area (Å²) in [7, 11) is 5.58. The molecule has 0 unspecified atom stereocenters. The van der Waals surface area contributed by atoms with Gasteiger partial charge in [-0.15, -0.1) is 0 Å². The van der Waals surface area contributed by atoms with Gasteiger partial charge in [-0.3, -0.25) is 9.59 Å². The van der Waals surface area contributed by atoms with Crippen LogP contribution in [0, 0.1) is 0 Å². The van der Waals surface area contributed by atoms with Crippen molar-refractivity contribution in [2.24, 2.45) is 0 Å². The van der Waals surface area contributed by atoms with Crippen LogP contribution in [-0.4, -0.2) is 53.8 Å². The van der Waals surface area contributed by atoms with Gasteiger partial charge in [-0.05, 0) is 44.4 Å². The van der Waals surface area contributed by atoms with Crippen LogP contribution >= 0.6 is 0 Å². The van der Waals surface area contributed by atoms with Crippen molar-refractivity contribution < 1.29 is 14.3 Å². The largest absolute Gasteiger partial charge is 0.482 e. The molecule has 0 aliphatic carbocycles. The molecular formula is C20H21N5O3. The van der Waals surface area contributed by atoms with Gasteiger partial charge in [0.1, 0.15) is 11.4 Å². The van der Waals surface area contributed by atoms with Crippen molar-refractivity contribution in [2.75, 3.05) is 38.0 Å². The number of imidazole rings is 1. The quantitative estimate of drug-likeness (QED) is 0.750. The van der Waals surface area contributed by atoms with Crippen molar-refractivity contribution in [3.05, 3.63) is 54.0 Å². The minimum atomic E-state index is -0.300. The maximum atomic E-state index is 13.0. The number of hydrogen-bond acceptors (Lipinski definition) is 5. The molecule has 2 amide bonds. The molecule has 1 aromatic carbocycles. The standard InChI is InChI=1S/C20H21N5O3/c1-23(2)11-15-19(22-17-6-4-5-9-25(15)17)20(27)21-13-7-8-16-14(10-13)24(3)18(26)12-28-16/h4-10H,11-12H2,1-3H3,(H,21,27). The first-order valence-electron chi connectivity index (χ1n) is 8.89. The van der Waals surface area contributed by atoms with Gasteiger partial charge in [-0.1, -0.05) is 6.07 Å². The summed E-state index contributed by atoms with van der Waals surface area (Å²) < 4.78 is 7.35. The number of fused-ring (bicyclic) bond motifs is 2. The van der Waals surface area contributed by atoms with Crippen molar-refractivity contribution in [2.45, 2.75) is 6.54 Å². The summed E-state index contributed by atoms with van der Waals surface area (Å²) in [5, 5.41) is 2.89. The molecule has 0 atom stereocenters. The van der Waals surface area contributed by atoms with Crippen molar-refractivity contribution in [1.82, 2.24) is 14.3 Å². The average molecular weight is 379 g/mol. The number of carbonyl (C=O) groups excluding carboxylic acids is 2. The van der Waals surface area contributed by atoms with E-state index in [-0.39, 0.29) is 18.4 Å². The molecule has 8 heteroatoms. The zero-order chi connectivity index (χ0) is 19.8. The van der Waals surface area contributed by atoms with Gasteiger partial charge in [0.05, 0.1) is 11.4 Å². The molecule has 4 rings (SSSR count). The highest BCUT2D eigenvalue weighted by molar-refractivity contribution is 6.05. The van der Waals surface area contributed by atoms with Gasteiger partial charge in [0.15, 0.2) is 12.3 Å². The van der Waals surface area contributed by atoms with Gasteiger partial charge in [0, 0.05) is 25.5 Å². The fourth-order valence-corrected chi connectivity index (χ4v) is 3.22. The summed E-state index contributed by atoms with van der Waals surface area (Å²) in [4.78, 5) is 32.9. The number of rotatable bonds is 4. The number of carbonyl (C=O) groups is 2. The number of anilines is 2. The monoisotopic (exact) mass is 379 g/mol. The lowest BCUT2D eigenvalue weighted by Gasteiger charge is -2.26. The van der Waals surface area contributed by atoms with Gasteiger partial charge >= 0.3 is 0 Å². The van der Waals surface area contributed by atoms with Crippen molar-refractivity contribution >= 4 is 28.8 Å². The summed E-state index contributed by atoms with van der Waals surface area (Å²) in [6, 6.07) is 10.9. The summed E-state index contributed by atoms with van der Waals surface area (Å²) in [5.74, 6) is 0.178. The minimum absolute atomic E-state index is 0.0182. The smallest absolute Gasteiger partial charge is 0.276 e. The molecule has 1 aliphatic heterocycles. The number of hydrogen-bond donors (Lipinski definition) is 1. The van der Waals surface area contributed by atoms with Crippen LogP contribution in [0.25, 0.3) is 5.65 Å². The molecule has 3 aromatic rings. The Kier molecular flexibility index (Phi) is 4.48. The van der Waals surface area contributed by atoms with Crippen LogP contribution in [-0.2, 0) is 11.3 Å². The van der Waals surface area contributed by atoms with Crippen molar-refractivity contribution in [3.63, 3.8) is 0 Å². The van der Waals surface area contributed by atoms with Crippen LogP contribution in [0.1, 0.15) is 16.2 Å². The average Bonchev–Trinajstić information content (AvgIpc) is 3.03. The molecule has 0 bridgehead atoms. The molecule has 8 nitrogen and oxygen atoms in total. The van der Waals surface area contributed by atoms with Crippen LogP contribution in [0.2, 0.25) is 0 Å². The van der Waals surface area contributed by atoms with Crippen LogP contribution in [0.5, 0.6) is 5.75 Å². The number of nitrogens with one attached hydrogen (secondary N) is 1. The Morgan fingerprint density at radius 3 is 2.89 bits per heavy atom. The van der Waals surface area contributed by atoms with Gasteiger partial charge in [-0.25, -0.2) is 4.98 Å². The molecule has 1 aliphatic rings. The number of likely N-dealkylation sites (N-methyl/N-ethyl adjacent to an activating group) is 1. The minimum Gasteiger partial charge on any atom is -0.482 e. The van der Waals surface area contributed by atoms with E-state index in [1.54, 1.807) is 25.2 Å². The highest BCUT2D eigenvalue weighted by Crippen LogP contribution is 2.33. The predicted molar refractivity (Wildman–Crippen MR) is 106 cm³/mol. The lowest BCUT2D eigenvalue weighted by Crippen LogP contribution is -2.35. The first kappa shape index (κ1) is 18.0.